The van der Waals surface area contributed by atoms with Crippen molar-refractivity contribution in [2.24, 2.45) is 0 Å². The fourth-order valence-corrected chi connectivity index (χ4v) is 0.960. The summed E-state index contributed by atoms with van der Waals surface area (Å²) >= 11 is 0. The highest BCUT2D eigenvalue weighted by Gasteiger charge is 2.03. The van der Waals surface area contributed by atoms with Gasteiger partial charge in [-0.3, -0.25) is 4.90 Å². The molecule has 0 bridgehead atoms. The molecule has 0 saturated carbocycles. The lowest BCUT2D eigenvalue weighted by Gasteiger charge is -2.19. The second-order valence-corrected chi connectivity index (χ2v) is 2.37. The van der Waals surface area contributed by atoms with E-state index in [0.29, 0.717) is 0 Å². The van der Waals surface area contributed by atoms with Gasteiger partial charge in [0.15, 0.2) is 0 Å². The molecule has 1 rings (SSSR count). The maximum Gasteiger partial charge on any atom is 0.0602 e. The number of ether oxygens (including phenoxy) is 1. The Labute approximate surface area is 62.2 Å². The molecule has 0 N–H and O–H groups in total. The molecule has 2 heteroatoms. The molecule has 1 heterocycles. The largest absolute Gasteiger partial charge is 0.383 e. The molecule has 56 valence electrons. The van der Waals surface area contributed by atoms with Gasteiger partial charge in [0.25, 0.3) is 0 Å². The molecule has 0 radical (unpaired) electrons. The third kappa shape index (κ3) is 2.38. The first-order chi connectivity index (χ1) is 4.93. The van der Waals surface area contributed by atoms with Gasteiger partial charge >= 0.3 is 0 Å². The number of methoxy groups -OCH3 is 1. The van der Waals surface area contributed by atoms with Crippen molar-refractivity contribution < 1.29 is 4.74 Å². The van der Waals surface area contributed by atoms with Gasteiger partial charge in [0, 0.05) is 26.6 Å². The molecule has 1 aliphatic rings. The SMILES string of the molecule is COCCN1CC#CCC1. The summed E-state index contributed by atoms with van der Waals surface area (Å²) in [6, 6.07) is 0. The lowest BCUT2D eigenvalue weighted by atomic mass is 10.3. The fraction of sp³-hybridized carbons (Fsp3) is 0.750. The van der Waals surface area contributed by atoms with Crippen LogP contribution in [0.25, 0.3) is 0 Å². The van der Waals surface area contributed by atoms with Crippen LogP contribution in [-0.2, 0) is 4.74 Å². The van der Waals surface area contributed by atoms with Crippen molar-refractivity contribution in [2.45, 2.75) is 6.42 Å². The molecule has 0 unspecified atom stereocenters. The van der Waals surface area contributed by atoms with Gasteiger partial charge in [0.2, 0.25) is 0 Å². The van der Waals surface area contributed by atoms with Crippen molar-refractivity contribution in [1.82, 2.24) is 4.90 Å². The van der Waals surface area contributed by atoms with Crippen LogP contribution < -0.4 is 0 Å². The summed E-state index contributed by atoms with van der Waals surface area (Å²) in [6.07, 6.45) is 1.02. The average molecular weight is 139 g/mol. The number of hydrogen-bond acceptors (Lipinski definition) is 2. The second kappa shape index (κ2) is 4.32. The van der Waals surface area contributed by atoms with Gasteiger partial charge in [-0.1, -0.05) is 5.92 Å². The maximum absolute atomic E-state index is 4.95. The van der Waals surface area contributed by atoms with E-state index >= 15 is 0 Å². The Morgan fingerprint density at radius 3 is 3.00 bits per heavy atom. The summed E-state index contributed by atoms with van der Waals surface area (Å²) in [5.41, 5.74) is 0. The van der Waals surface area contributed by atoms with E-state index in [1.54, 1.807) is 7.11 Å². The smallest absolute Gasteiger partial charge is 0.0602 e. The van der Waals surface area contributed by atoms with Crippen LogP contribution in [0.5, 0.6) is 0 Å². The van der Waals surface area contributed by atoms with E-state index in [4.69, 9.17) is 4.74 Å². The van der Waals surface area contributed by atoms with Crippen LogP contribution in [0, 0.1) is 11.8 Å². The van der Waals surface area contributed by atoms with Gasteiger partial charge in [-0.25, -0.2) is 0 Å². The second-order valence-electron chi connectivity index (χ2n) is 2.37. The first kappa shape index (κ1) is 7.59. The molecule has 1 aliphatic heterocycles. The van der Waals surface area contributed by atoms with Crippen LogP contribution >= 0.6 is 0 Å². The van der Waals surface area contributed by atoms with Crippen molar-refractivity contribution >= 4 is 0 Å². The predicted molar refractivity (Wildman–Crippen MR) is 40.7 cm³/mol. The molecule has 0 aromatic heterocycles. The van der Waals surface area contributed by atoms with Gasteiger partial charge in [0.05, 0.1) is 13.2 Å². The van der Waals surface area contributed by atoms with Gasteiger partial charge in [-0.05, 0) is 0 Å². The topological polar surface area (TPSA) is 12.5 Å². The van der Waals surface area contributed by atoms with Gasteiger partial charge in [-0.15, -0.1) is 5.92 Å². The van der Waals surface area contributed by atoms with E-state index in [1.165, 1.54) is 0 Å². The minimum absolute atomic E-state index is 0.821. The van der Waals surface area contributed by atoms with E-state index in [2.05, 4.69) is 16.7 Å². The van der Waals surface area contributed by atoms with Crippen LogP contribution in [0.15, 0.2) is 0 Å². The van der Waals surface area contributed by atoms with Gasteiger partial charge in [0.1, 0.15) is 0 Å². The van der Waals surface area contributed by atoms with Crippen LogP contribution in [0.2, 0.25) is 0 Å². The zero-order valence-corrected chi connectivity index (χ0v) is 6.39. The first-order valence-corrected chi connectivity index (χ1v) is 3.60. The Morgan fingerprint density at radius 2 is 2.40 bits per heavy atom. The molecule has 0 saturated heterocycles. The zero-order valence-electron chi connectivity index (χ0n) is 6.39. The van der Waals surface area contributed by atoms with E-state index in [9.17, 15) is 0 Å². The Morgan fingerprint density at radius 1 is 1.50 bits per heavy atom. The first-order valence-electron chi connectivity index (χ1n) is 3.60. The molecule has 10 heavy (non-hydrogen) atoms. The normalized spacial score (nSPS) is 18.1. The van der Waals surface area contributed by atoms with Crippen molar-refractivity contribution in [3.8, 4) is 11.8 Å². The standard InChI is InChI=1S/C8H13NO/c1-10-8-7-9-5-3-2-4-6-9/h3,5-8H2,1H3. The van der Waals surface area contributed by atoms with Gasteiger partial charge in [-0.2, -0.15) is 0 Å². The highest BCUT2D eigenvalue weighted by molar-refractivity contribution is 5.05. The van der Waals surface area contributed by atoms with Crippen molar-refractivity contribution in [1.29, 1.82) is 0 Å². The highest BCUT2D eigenvalue weighted by Crippen LogP contribution is 1.94. The molecule has 0 amide bonds. The Bertz CT molecular complexity index is 145. The van der Waals surface area contributed by atoms with Crippen LogP contribution in [-0.4, -0.2) is 38.3 Å². The third-order valence-corrected chi connectivity index (χ3v) is 1.59. The van der Waals surface area contributed by atoms with Crippen molar-refractivity contribution in [3.05, 3.63) is 0 Å². The molecule has 0 spiro atoms. The fourth-order valence-electron chi connectivity index (χ4n) is 0.960. The van der Waals surface area contributed by atoms with E-state index in [-0.39, 0.29) is 0 Å². The third-order valence-electron chi connectivity index (χ3n) is 1.59. The zero-order chi connectivity index (χ0) is 7.23. The monoisotopic (exact) mass is 139 g/mol. The lowest BCUT2D eigenvalue weighted by Crippen LogP contribution is -2.30. The van der Waals surface area contributed by atoms with E-state index in [0.717, 1.165) is 32.7 Å². The highest BCUT2D eigenvalue weighted by atomic mass is 16.5. The van der Waals surface area contributed by atoms with Crippen molar-refractivity contribution in [2.75, 3.05) is 33.4 Å². The molecular formula is C8H13NO. The summed E-state index contributed by atoms with van der Waals surface area (Å²) in [5.74, 6) is 6.12. The van der Waals surface area contributed by atoms with Crippen LogP contribution in [0.4, 0.5) is 0 Å². The number of nitrogens with zero attached hydrogens (tertiary/aromatic N) is 1. The molecule has 0 aromatic carbocycles. The Kier molecular flexibility index (Phi) is 3.28. The molecular weight excluding hydrogens is 126 g/mol. The molecule has 2 nitrogen and oxygen atoms in total. The van der Waals surface area contributed by atoms with Crippen molar-refractivity contribution in [3.63, 3.8) is 0 Å². The molecule has 0 aliphatic carbocycles. The summed E-state index contributed by atoms with van der Waals surface area (Å²) in [7, 11) is 1.73. The average Bonchev–Trinajstić information content (AvgIpc) is 2.03. The maximum atomic E-state index is 4.95. The predicted octanol–water partition coefficient (Wildman–Crippen LogP) is 0.342. The van der Waals surface area contributed by atoms with E-state index in [1.807, 2.05) is 0 Å². The minimum Gasteiger partial charge on any atom is -0.383 e. The molecule has 0 aromatic rings. The van der Waals surface area contributed by atoms with Crippen LogP contribution in [0.3, 0.4) is 0 Å². The number of hydrogen-bond donors (Lipinski definition) is 0. The summed E-state index contributed by atoms with van der Waals surface area (Å²) in [6.45, 7) is 3.87. The molecule has 0 fully saturated rings. The molecule has 0 atom stereocenters. The lowest BCUT2D eigenvalue weighted by molar-refractivity contribution is 0.155. The van der Waals surface area contributed by atoms with Gasteiger partial charge < -0.3 is 4.74 Å². The summed E-state index contributed by atoms with van der Waals surface area (Å²) in [5, 5.41) is 0. The summed E-state index contributed by atoms with van der Waals surface area (Å²) in [4.78, 5) is 2.31. The quantitative estimate of drug-likeness (QED) is 0.523. The van der Waals surface area contributed by atoms with Crippen LogP contribution in [0.1, 0.15) is 6.42 Å². The van der Waals surface area contributed by atoms with E-state index < -0.39 is 0 Å². The summed E-state index contributed by atoms with van der Waals surface area (Å²) < 4.78 is 4.95. The minimum atomic E-state index is 0.821. The Balaban J connectivity index is 2.12. The Hall–Kier alpha value is -0.520. The number of rotatable bonds is 3.